The lowest BCUT2D eigenvalue weighted by Gasteiger charge is -2.33. The maximum Gasteiger partial charge on any atom is 0.275 e. The Bertz CT molecular complexity index is 553. The summed E-state index contributed by atoms with van der Waals surface area (Å²) in [5, 5.41) is 4.36. The zero-order valence-electron chi connectivity index (χ0n) is 13.3. The molecule has 0 bridgehead atoms. The smallest absolute Gasteiger partial charge is 0.275 e. The molecule has 0 radical (unpaired) electrons. The highest BCUT2D eigenvalue weighted by Gasteiger charge is 2.24. The first-order valence-electron chi connectivity index (χ1n) is 8.45. The molecule has 1 saturated carbocycles. The normalized spacial score (nSPS) is 20.0. The van der Waals surface area contributed by atoms with E-state index >= 15 is 0 Å². The van der Waals surface area contributed by atoms with E-state index < -0.39 is 0 Å². The molecule has 1 aliphatic heterocycles. The van der Waals surface area contributed by atoms with Gasteiger partial charge in [-0.2, -0.15) is 0 Å². The fourth-order valence-corrected chi connectivity index (χ4v) is 3.81. The molecule has 126 valence electrons. The average Bonchev–Trinajstić information content (AvgIpc) is 3.03. The number of hydrogen-bond acceptors (Lipinski definition) is 2. The van der Waals surface area contributed by atoms with E-state index in [2.05, 4.69) is 10.2 Å². The number of rotatable bonds is 4. The molecular formula is C17H24Cl2N3O+. The first kappa shape index (κ1) is 16.9. The number of quaternary nitrogens is 1. The van der Waals surface area contributed by atoms with Gasteiger partial charge in [-0.1, -0.05) is 36.0 Å². The predicted molar refractivity (Wildman–Crippen MR) is 94.6 cm³/mol. The summed E-state index contributed by atoms with van der Waals surface area (Å²) >= 11 is 12.1. The summed E-state index contributed by atoms with van der Waals surface area (Å²) in [7, 11) is 0. The number of anilines is 1. The van der Waals surface area contributed by atoms with E-state index in [-0.39, 0.29) is 5.91 Å². The van der Waals surface area contributed by atoms with E-state index in [1.165, 1.54) is 17.7 Å². The summed E-state index contributed by atoms with van der Waals surface area (Å²) in [4.78, 5) is 15.8. The molecule has 0 atom stereocenters. The van der Waals surface area contributed by atoms with E-state index in [1.54, 1.807) is 0 Å². The van der Waals surface area contributed by atoms with Crippen LogP contribution in [0.1, 0.15) is 25.7 Å². The van der Waals surface area contributed by atoms with Crippen molar-refractivity contribution in [2.24, 2.45) is 0 Å². The molecular weight excluding hydrogens is 333 g/mol. The van der Waals surface area contributed by atoms with E-state index in [0.717, 1.165) is 44.7 Å². The number of nitrogens with zero attached hydrogens (tertiary/aromatic N) is 1. The molecule has 1 amide bonds. The number of halogens is 2. The number of amides is 1. The molecule has 2 aliphatic rings. The number of carbonyl (C=O) groups excluding carboxylic acids is 1. The molecule has 1 aromatic rings. The van der Waals surface area contributed by atoms with Crippen LogP contribution >= 0.6 is 23.2 Å². The lowest BCUT2D eigenvalue weighted by molar-refractivity contribution is -0.892. The minimum atomic E-state index is 0.204. The van der Waals surface area contributed by atoms with E-state index in [0.29, 0.717) is 22.6 Å². The van der Waals surface area contributed by atoms with Crippen molar-refractivity contribution in [3.63, 3.8) is 0 Å². The van der Waals surface area contributed by atoms with Crippen LogP contribution in [0.15, 0.2) is 18.2 Å². The van der Waals surface area contributed by atoms with E-state index in [9.17, 15) is 4.79 Å². The Morgan fingerprint density at radius 1 is 1.17 bits per heavy atom. The molecule has 1 aromatic carbocycles. The monoisotopic (exact) mass is 356 g/mol. The Morgan fingerprint density at radius 3 is 2.52 bits per heavy atom. The van der Waals surface area contributed by atoms with Gasteiger partial charge < -0.3 is 15.1 Å². The molecule has 0 aromatic heterocycles. The number of hydrogen-bond donors (Lipinski definition) is 2. The summed E-state index contributed by atoms with van der Waals surface area (Å²) in [6.07, 6.45) is 4.79. The summed E-state index contributed by atoms with van der Waals surface area (Å²) in [6, 6.07) is 6.18. The maximum absolute atomic E-state index is 12.1. The third-order valence-corrected chi connectivity index (χ3v) is 5.61. The second-order valence-electron chi connectivity index (χ2n) is 6.56. The van der Waals surface area contributed by atoms with Gasteiger partial charge in [0, 0.05) is 11.7 Å². The van der Waals surface area contributed by atoms with Crippen LogP contribution in [0, 0.1) is 0 Å². The second-order valence-corrected chi connectivity index (χ2v) is 7.38. The van der Waals surface area contributed by atoms with Gasteiger partial charge in [0.25, 0.3) is 5.91 Å². The van der Waals surface area contributed by atoms with Crippen molar-refractivity contribution in [2.45, 2.75) is 31.7 Å². The fourth-order valence-electron chi connectivity index (χ4n) is 3.52. The van der Waals surface area contributed by atoms with Crippen molar-refractivity contribution in [3.8, 4) is 0 Å². The molecule has 1 aliphatic carbocycles. The Balaban J connectivity index is 1.46. The Labute approximate surface area is 147 Å². The summed E-state index contributed by atoms with van der Waals surface area (Å²) in [5.74, 6) is 0.204. The molecule has 2 N–H and O–H groups in total. The number of piperazine rings is 1. The lowest BCUT2D eigenvalue weighted by Crippen LogP contribution is -3.16. The predicted octanol–water partition coefficient (Wildman–Crippen LogP) is 1.76. The molecule has 4 nitrogen and oxygen atoms in total. The quantitative estimate of drug-likeness (QED) is 0.862. The third-order valence-electron chi connectivity index (χ3n) is 4.87. The van der Waals surface area contributed by atoms with Crippen molar-refractivity contribution in [1.29, 1.82) is 0 Å². The number of carbonyl (C=O) groups is 1. The highest BCUT2D eigenvalue weighted by molar-refractivity contribution is 6.42. The van der Waals surface area contributed by atoms with Crippen LogP contribution in [0.3, 0.4) is 0 Å². The third kappa shape index (κ3) is 4.52. The van der Waals surface area contributed by atoms with Crippen LogP contribution in [-0.2, 0) is 4.79 Å². The molecule has 6 heteroatoms. The van der Waals surface area contributed by atoms with Gasteiger partial charge in [-0.25, -0.2) is 0 Å². The second kappa shape index (κ2) is 7.73. The minimum absolute atomic E-state index is 0.204. The van der Waals surface area contributed by atoms with E-state index in [1.807, 2.05) is 18.2 Å². The SMILES string of the molecule is O=C(C[NH+]1CCN(c2ccc(Cl)c(Cl)c2)CC1)NC1CCCC1. The van der Waals surface area contributed by atoms with Gasteiger partial charge in [-0.15, -0.1) is 0 Å². The van der Waals surface area contributed by atoms with Crippen LogP contribution < -0.4 is 15.1 Å². The molecule has 0 spiro atoms. The van der Waals surface area contributed by atoms with Gasteiger partial charge in [-0.05, 0) is 31.0 Å². The highest BCUT2D eigenvalue weighted by atomic mass is 35.5. The first-order valence-corrected chi connectivity index (χ1v) is 9.20. The van der Waals surface area contributed by atoms with Crippen LogP contribution in [0.5, 0.6) is 0 Å². The Kier molecular flexibility index (Phi) is 5.67. The van der Waals surface area contributed by atoms with E-state index in [4.69, 9.17) is 23.2 Å². The van der Waals surface area contributed by atoms with Crippen molar-refractivity contribution < 1.29 is 9.69 Å². The maximum atomic E-state index is 12.1. The topological polar surface area (TPSA) is 36.8 Å². The van der Waals surface area contributed by atoms with Crippen LogP contribution in [0.25, 0.3) is 0 Å². The van der Waals surface area contributed by atoms with Gasteiger partial charge in [-0.3, -0.25) is 4.79 Å². The molecule has 23 heavy (non-hydrogen) atoms. The molecule has 0 unspecified atom stereocenters. The van der Waals surface area contributed by atoms with Crippen molar-refractivity contribution in [1.82, 2.24) is 5.32 Å². The Morgan fingerprint density at radius 2 is 1.87 bits per heavy atom. The summed E-state index contributed by atoms with van der Waals surface area (Å²) < 4.78 is 0. The largest absolute Gasteiger partial charge is 0.360 e. The molecule has 1 saturated heterocycles. The number of benzene rings is 1. The van der Waals surface area contributed by atoms with Crippen molar-refractivity contribution >= 4 is 34.8 Å². The van der Waals surface area contributed by atoms with Crippen LogP contribution in [-0.4, -0.2) is 44.7 Å². The van der Waals surface area contributed by atoms with Gasteiger partial charge in [0.2, 0.25) is 0 Å². The molecule has 2 fully saturated rings. The van der Waals surface area contributed by atoms with Crippen molar-refractivity contribution in [3.05, 3.63) is 28.2 Å². The van der Waals surface area contributed by atoms with Crippen LogP contribution in [0.4, 0.5) is 5.69 Å². The molecule has 1 heterocycles. The summed E-state index contributed by atoms with van der Waals surface area (Å²) in [5.41, 5.74) is 1.11. The summed E-state index contributed by atoms with van der Waals surface area (Å²) in [6.45, 7) is 4.40. The standard InChI is InChI=1S/C17H23Cl2N3O/c18-15-6-5-14(11-16(15)19)22-9-7-21(8-10-22)12-17(23)20-13-3-1-2-4-13/h5-6,11,13H,1-4,7-10,12H2,(H,20,23)/p+1. The lowest BCUT2D eigenvalue weighted by atomic mass is 10.2. The Hall–Kier alpha value is -0.970. The van der Waals surface area contributed by atoms with Crippen LogP contribution in [0.2, 0.25) is 10.0 Å². The fraction of sp³-hybridized carbons (Fsp3) is 0.588. The van der Waals surface area contributed by atoms with Gasteiger partial charge in [0.05, 0.1) is 36.2 Å². The first-order chi connectivity index (χ1) is 11.1. The highest BCUT2D eigenvalue weighted by Crippen LogP contribution is 2.27. The zero-order valence-corrected chi connectivity index (χ0v) is 14.8. The molecule has 3 rings (SSSR count). The minimum Gasteiger partial charge on any atom is -0.360 e. The van der Waals surface area contributed by atoms with Gasteiger partial charge in [0.1, 0.15) is 0 Å². The van der Waals surface area contributed by atoms with Gasteiger partial charge in [0.15, 0.2) is 6.54 Å². The van der Waals surface area contributed by atoms with Gasteiger partial charge >= 0.3 is 0 Å². The number of nitrogens with one attached hydrogen (secondary N) is 2. The van der Waals surface area contributed by atoms with Crippen molar-refractivity contribution in [2.75, 3.05) is 37.6 Å². The zero-order chi connectivity index (χ0) is 16.2. The average molecular weight is 357 g/mol.